The number of ether oxygens (including phenoxy) is 1. The van der Waals surface area contributed by atoms with Gasteiger partial charge in [-0.15, -0.1) is 0 Å². The average molecular weight is 327 g/mol. The average Bonchev–Trinajstić information content (AvgIpc) is 2.59. The van der Waals surface area contributed by atoms with E-state index in [1.54, 1.807) is 0 Å². The van der Waals surface area contributed by atoms with Gasteiger partial charge in [-0.2, -0.15) is 0 Å². The fourth-order valence-corrected chi connectivity index (χ4v) is 3.33. The van der Waals surface area contributed by atoms with E-state index in [1.165, 1.54) is 11.1 Å². The Kier molecular flexibility index (Phi) is 5.63. The summed E-state index contributed by atoms with van der Waals surface area (Å²) in [5.41, 5.74) is 2.38. The molecule has 128 valence electrons. The largest absolute Gasteiger partial charge is 0.386 e. The molecule has 3 unspecified atom stereocenters. The molecule has 4 atom stereocenters. The fourth-order valence-electron chi connectivity index (χ4n) is 3.33. The highest BCUT2D eigenvalue weighted by Crippen LogP contribution is 2.26. The predicted molar refractivity (Wildman–Crippen MR) is 93.1 cm³/mol. The van der Waals surface area contributed by atoms with Crippen LogP contribution in [0.3, 0.4) is 0 Å². The van der Waals surface area contributed by atoms with Crippen molar-refractivity contribution in [3.05, 3.63) is 71.8 Å². The molecular weight excluding hydrogens is 302 g/mol. The van der Waals surface area contributed by atoms with Crippen LogP contribution in [0.15, 0.2) is 60.7 Å². The number of nitrogens with zero attached hydrogens (tertiary/aromatic N) is 1. The number of rotatable bonds is 5. The second-order valence-corrected chi connectivity index (χ2v) is 6.51. The lowest BCUT2D eigenvalue weighted by molar-refractivity contribution is -0.234. The Hall–Kier alpha value is -1.72. The molecule has 0 aromatic heterocycles. The minimum atomic E-state index is -1.13. The topological polar surface area (TPSA) is 52.9 Å². The SMILES string of the molecule is CC1CC(N(Cc2ccccc2)Cc2ccccc2)C(O)[C@@H](O)O1. The van der Waals surface area contributed by atoms with Crippen molar-refractivity contribution >= 4 is 0 Å². The normalized spacial score (nSPS) is 27.3. The molecule has 2 aromatic rings. The van der Waals surface area contributed by atoms with Gasteiger partial charge in [0.25, 0.3) is 0 Å². The van der Waals surface area contributed by atoms with Crippen molar-refractivity contribution in [2.75, 3.05) is 0 Å². The Labute approximate surface area is 143 Å². The first-order valence-corrected chi connectivity index (χ1v) is 8.47. The van der Waals surface area contributed by atoms with E-state index >= 15 is 0 Å². The zero-order valence-electron chi connectivity index (χ0n) is 14.0. The molecule has 0 saturated carbocycles. The van der Waals surface area contributed by atoms with Gasteiger partial charge in [0.1, 0.15) is 6.10 Å². The summed E-state index contributed by atoms with van der Waals surface area (Å²) >= 11 is 0. The van der Waals surface area contributed by atoms with E-state index in [0.717, 1.165) is 13.1 Å². The van der Waals surface area contributed by atoms with Crippen molar-refractivity contribution < 1.29 is 14.9 Å². The van der Waals surface area contributed by atoms with Crippen molar-refractivity contribution in [3.8, 4) is 0 Å². The summed E-state index contributed by atoms with van der Waals surface area (Å²) in [5, 5.41) is 20.5. The molecule has 0 amide bonds. The van der Waals surface area contributed by atoms with Gasteiger partial charge in [-0.05, 0) is 24.5 Å². The lowest BCUT2D eigenvalue weighted by atomic mass is 9.97. The van der Waals surface area contributed by atoms with Crippen LogP contribution < -0.4 is 0 Å². The summed E-state index contributed by atoms with van der Waals surface area (Å²) < 4.78 is 5.36. The summed E-state index contributed by atoms with van der Waals surface area (Å²) in [6, 6.07) is 20.3. The van der Waals surface area contributed by atoms with Crippen LogP contribution in [0.4, 0.5) is 0 Å². The third-order valence-electron chi connectivity index (χ3n) is 4.56. The molecule has 4 nitrogen and oxygen atoms in total. The molecule has 0 radical (unpaired) electrons. The Morgan fingerprint density at radius 2 is 1.42 bits per heavy atom. The third kappa shape index (κ3) is 4.22. The minimum Gasteiger partial charge on any atom is -0.386 e. The van der Waals surface area contributed by atoms with Crippen LogP contribution in [0.2, 0.25) is 0 Å². The highest BCUT2D eigenvalue weighted by Gasteiger charge is 2.38. The Morgan fingerprint density at radius 3 is 1.92 bits per heavy atom. The maximum absolute atomic E-state index is 10.5. The highest BCUT2D eigenvalue weighted by molar-refractivity contribution is 5.17. The highest BCUT2D eigenvalue weighted by atomic mass is 16.6. The van der Waals surface area contributed by atoms with Crippen molar-refractivity contribution in [1.82, 2.24) is 4.90 Å². The molecule has 2 N–H and O–H groups in total. The molecule has 0 bridgehead atoms. The van der Waals surface area contributed by atoms with E-state index in [-0.39, 0.29) is 12.1 Å². The molecule has 1 saturated heterocycles. The van der Waals surface area contributed by atoms with E-state index in [9.17, 15) is 10.2 Å². The zero-order valence-corrected chi connectivity index (χ0v) is 14.0. The van der Waals surface area contributed by atoms with Crippen molar-refractivity contribution in [2.24, 2.45) is 0 Å². The zero-order chi connectivity index (χ0) is 16.9. The molecule has 3 rings (SSSR count). The first-order chi connectivity index (χ1) is 11.6. The Morgan fingerprint density at radius 1 is 0.917 bits per heavy atom. The second kappa shape index (κ2) is 7.90. The molecule has 1 aliphatic rings. The van der Waals surface area contributed by atoms with Gasteiger partial charge in [0.15, 0.2) is 6.29 Å². The number of hydrogen-bond acceptors (Lipinski definition) is 4. The lowest BCUT2D eigenvalue weighted by Gasteiger charge is -2.42. The summed E-state index contributed by atoms with van der Waals surface area (Å²) in [7, 11) is 0. The molecule has 4 heteroatoms. The van der Waals surface area contributed by atoms with Gasteiger partial charge in [-0.3, -0.25) is 4.90 Å². The van der Waals surface area contributed by atoms with Crippen LogP contribution in [0.25, 0.3) is 0 Å². The standard InChI is InChI=1S/C20H25NO3/c1-15-12-18(19(22)20(23)24-15)21(13-16-8-4-2-5-9-16)14-17-10-6-3-7-11-17/h2-11,15,18-20,22-23H,12-14H2,1H3/t15?,18?,19?,20-/m0/s1. The van der Waals surface area contributed by atoms with Gasteiger partial charge >= 0.3 is 0 Å². The Bertz CT molecular complexity index is 578. The van der Waals surface area contributed by atoms with E-state index in [4.69, 9.17) is 4.74 Å². The first kappa shape index (κ1) is 17.1. The Balaban J connectivity index is 1.83. The molecule has 0 aliphatic carbocycles. The molecule has 0 spiro atoms. The second-order valence-electron chi connectivity index (χ2n) is 6.51. The van der Waals surface area contributed by atoms with E-state index < -0.39 is 12.4 Å². The fraction of sp³-hybridized carbons (Fsp3) is 0.400. The van der Waals surface area contributed by atoms with Crippen molar-refractivity contribution in [3.63, 3.8) is 0 Å². The monoisotopic (exact) mass is 327 g/mol. The van der Waals surface area contributed by atoms with Crippen molar-refractivity contribution in [2.45, 2.75) is 51.0 Å². The summed E-state index contributed by atoms with van der Waals surface area (Å²) in [6.07, 6.45) is -1.43. The lowest BCUT2D eigenvalue weighted by Crippen LogP contribution is -2.54. The minimum absolute atomic E-state index is 0.0811. The summed E-state index contributed by atoms with van der Waals surface area (Å²) in [4.78, 5) is 2.23. The molecule has 1 heterocycles. The molecule has 24 heavy (non-hydrogen) atoms. The smallest absolute Gasteiger partial charge is 0.182 e. The van der Waals surface area contributed by atoms with Gasteiger partial charge in [-0.1, -0.05) is 60.7 Å². The van der Waals surface area contributed by atoms with E-state index in [2.05, 4.69) is 29.2 Å². The first-order valence-electron chi connectivity index (χ1n) is 8.47. The van der Waals surface area contributed by atoms with Crippen molar-refractivity contribution in [1.29, 1.82) is 0 Å². The van der Waals surface area contributed by atoms with E-state index in [0.29, 0.717) is 6.42 Å². The molecular formula is C20H25NO3. The maximum Gasteiger partial charge on any atom is 0.182 e. The van der Waals surface area contributed by atoms with Crippen LogP contribution in [0.1, 0.15) is 24.5 Å². The van der Waals surface area contributed by atoms with Crippen LogP contribution in [-0.4, -0.2) is 39.7 Å². The predicted octanol–water partition coefficient (Wildman–Crippen LogP) is 2.55. The van der Waals surface area contributed by atoms with Gasteiger partial charge in [0.2, 0.25) is 0 Å². The van der Waals surface area contributed by atoms with Crippen LogP contribution >= 0.6 is 0 Å². The van der Waals surface area contributed by atoms with Crippen LogP contribution in [-0.2, 0) is 17.8 Å². The van der Waals surface area contributed by atoms with E-state index in [1.807, 2.05) is 43.3 Å². The van der Waals surface area contributed by atoms with Gasteiger partial charge in [0, 0.05) is 19.1 Å². The number of benzene rings is 2. The number of hydrogen-bond donors (Lipinski definition) is 2. The van der Waals surface area contributed by atoms with Gasteiger partial charge in [-0.25, -0.2) is 0 Å². The van der Waals surface area contributed by atoms with Gasteiger partial charge in [0.05, 0.1) is 6.10 Å². The number of aliphatic hydroxyl groups is 2. The molecule has 1 fully saturated rings. The third-order valence-corrected chi connectivity index (χ3v) is 4.56. The quantitative estimate of drug-likeness (QED) is 0.886. The summed E-state index contributed by atoms with van der Waals surface area (Å²) in [6.45, 7) is 3.37. The van der Waals surface area contributed by atoms with Crippen LogP contribution in [0.5, 0.6) is 0 Å². The van der Waals surface area contributed by atoms with Crippen LogP contribution in [0, 0.1) is 0 Å². The maximum atomic E-state index is 10.5. The number of aliphatic hydroxyl groups excluding tert-OH is 2. The summed E-state index contributed by atoms with van der Waals surface area (Å²) in [5.74, 6) is 0. The molecule has 1 aliphatic heterocycles. The van der Waals surface area contributed by atoms with Gasteiger partial charge < -0.3 is 14.9 Å². The molecule has 2 aromatic carbocycles.